The van der Waals surface area contributed by atoms with E-state index in [0.29, 0.717) is 0 Å². The van der Waals surface area contributed by atoms with Crippen LogP contribution in [0.2, 0.25) is 0 Å². The van der Waals surface area contributed by atoms with Gasteiger partial charge in [-0.05, 0) is 137 Å². The lowest BCUT2D eigenvalue weighted by Crippen LogP contribution is -2.52. The zero-order valence-corrected chi connectivity index (χ0v) is 39.0. The Morgan fingerprint density at radius 3 is 1.45 bits per heavy atom. The summed E-state index contributed by atoms with van der Waals surface area (Å²) in [6.07, 6.45) is 7.43. The molecule has 1 nitrogen and oxygen atoms in total. The fourth-order valence-corrected chi connectivity index (χ4v) is 11.6. The molecule has 0 spiro atoms. The highest BCUT2D eigenvalue weighted by Gasteiger charge is 2.43. The van der Waals surface area contributed by atoms with Crippen LogP contribution in [0.1, 0.15) is 62.1 Å². The molecule has 9 aromatic rings. The van der Waals surface area contributed by atoms with Crippen LogP contribution in [0.4, 0.5) is 0 Å². The smallest absolute Gasteiger partial charge is 0.106 e. The summed E-state index contributed by atoms with van der Waals surface area (Å²) in [5, 5.41) is 5.40. The van der Waals surface area contributed by atoms with Crippen LogP contribution in [0.25, 0.3) is 78.1 Å². The molecule has 0 radical (unpaired) electrons. The summed E-state index contributed by atoms with van der Waals surface area (Å²) >= 11 is 0. The van der Waals surface area contributed by atoms with Gasteiger partial charge in [0.15, 0.2) is 0 Å². The van der Waals surface area contributed by atoms with Crippen molar-refractivity contribution in [1.29, 1.82) is 0 Å². The molecule has 11 rings (SSSR count). The third-order valence-corrected chi connectivity index (χ3v) is 14.9. The molecule has 1 heteroatoms. The topological polar surface area (TPSA) is 0 Å². The number of rotatable bonds is 12. The van der Waals surface area contributed by atoms with Crippen molar-refractivity contribution >= 4 is 22.4 Å². The van der Waals surface area contributed by atoms with E-state index in [1.54, 1.807) is 0 Å². The van der Waals surface area contributed by atoms with Gasteiger partial charge in [0.25, 0.3) is 0 Å². The highest BCUT2D eigenvalue weighted by molar-refractivity contribution is 6.01. The molecule has 2 unspecified atom stereocenters. The molecule has 0 bridgehead atoms. The van der Waals surface area contributed by atoms with E-state index in [9.17, 15) is 0 Å². The van der Waals surface area contributed by atoms with E-state index >= 15 is 0 Å². The number of benzene rings is 9. The number of quaternary nitrogens is 1. The average molecular weight is 867 g/mol. The minimum absolute atomic E-state index is 0.163. The SMILES string of the molecule is CCCC[N+]1(CCCC)Cc2c(-c3cc(-c4ccccc4)cc(-c4ccccc4)c3)cc3ccccc3c2C2=c3ccccc3=CC(c3cc(-c4ccccc4)cc(-c4ccccc4)c3)C2C1. The third-order valence-electron chi connectivity index (χ3n) is 14.9. The summed E-state index contributed by atoms with van der Waals surface area (Å²) in [5.41, 5.74) is 18.6. The molecule has 0 fully saturated rings. The van der Waals surface area contributed by atoms with Crippen molar-refractivity contribution in [3.8, 4) is 55.6 Å². The summed E-state index contributed by atoms with van der Waals surface area (Å²) in [7, 11) is 0. The number of hydrogen-bond acceptors (Lipinski definition) is 0. The minimum Gasteiger partial charge on any atom is -0.319 e. The number of hydrogen-bond donors (Lipinski definition) is 0. The molecule has 2 atom stereocenters. The van der Waals surface area contributed by atoms with E-state index in [0.717, 1.165) is 17.6 Å². The van der Waals surface area contributed by atoms with Crippen molar-refractivity contribution in [3.63, 3.8) is 0 Å². The Morgan fingerprint density at radius 2 is 0.910 bits per heavy atom. The predicted octanol–water partition coefficient (Wildman–Crippen LogP) is 15.5. The van der Waals surface area contributed by atoms with Crippen molar-refractivity contribution < 1.29 is 4.48 Å². The van der Waals surface area contributed by atoms with E-state index in [1.165, 1.54) is 138 Å². The second-order valence-electron chi connectivity index (χ2n) is 19.2. The lowest BCUT2D eigenvalue weighted by molar-refractivity contribution is -0.943. The molecule has 2 aliphatic rings. The molecular formula is C66H60N+. The van der Waals surface area contributed by atoms with Gasteiger partial charge in [0.2, 0.25) is 0 Å². The normalized spacial score (nSPS) is 16.1. The number of nitrogens with zero attached hydrogens (tertiary/aromatic N) is 1. The van der Waals surface area contributed by atoms with Crippen molar-refractivity contribution in [2.75, 3.05) is 19.6 Å². The van der Waals surface area contributed by atoms with E-state index in [2.05, 4.69) is 232 Å². The molecule has 328 valence electrons. The van der Waals surface area contributed by atoms with Crippen molar-refractivity contribution in [1.82, 2.24) is 0 Å². The quantitative estimate of drug-likeness (QED) is 0.107. The number of unbranched alkanes of at least 4 members (excludes halogenated alkanes) is 2. The molecule has 1 aliphatic carbocycles. The average Bonchev–Trinajstić information content (AvgIpc) is 3.55. The Bertz CT molecular complexity index is 3190. The van der Waals surface area contributed by atoms with Crippen LogP contribution in [0, 0.1) is 5.92 Å². The van der Waals surface area contributed by atoms with Gasteiger partial charge < -0.3 is 4.48 Å². The van der Waals surface area contributed by atoms with Gasteiger partial charge in [0.05, 0.1) is 19.6 Å². The van der Waals surface area contributed by atoms with Crippen molar-refractivity contribution in [2.24, 2.45) is 5.92 Å². The molecule has 0 N–H and O–H groups in total. The first-order valence-corrected chi connectivity index (χ1v) is 24.8. The molecule has 0 saturated carbocycles. The highest BCUT2D eigenvalue weighted by Crippen LogP contribution is 2.49. The Balaban J connectivity index is 1.23. The summed E-state index contributed by atoms with van der Waals surface area (Å²) in [4.78, 5) is 0. The maximum atomic E-state index is 2.66. The van der Waals surface area contributed by atoms with Crippen LogP contribution >= 0.6 is 0 Å². The second kappa shape index (κ2) is 18.7. The molecule has 0 saturated heterocycles. The van der Waals surface area contributed by atoms with Crippen LogP contribution in [0.15, 0.2) is 212 Å². The van der Waals surface area contributed by atoms with Crippen molar-refractivity contribution in [2.45, 2.75) is 52.0 Å². The van der Waals surface area contributed by atoms with Gasteiger partial charge >= 0.3 is 0 Å². The van der Waals surface area contributed by atoms with Crippen LogP contribution in [-0.2, 0) is 6.54 Å². The van der Waals surface area contributed by atoms with E-state index in [1.807, 2.05) is 0 Å². The number of fused-ring (bicyclic) bond motifs is 6. The standard InChI is InChI=1S/C66H60N/c1-3-5-35-67(36-6-4-2)45-63-61(57-39-53(47-23-11-7-12-24-47)37-54(40-57)48-25-13-8-14-26-48)43-51-31-19-21-33-59(51)65(63)66-60-34-22-20-32-52(60)44-62(64(66)46-67)58-41-55(49-27-15-9-16-28-49)38-56(42-58)50-29-17-10-18-30-50/h7-34,37-44,61,63H,3-6,35-36,45-46H2,1-2H3/q+1. The van der Waals surface area contributed by atoms with Gasteiger partial charge in [-0.25, -0.2) is 0 Å². The Labute approximate surface area is 397 Å². The first-order chi connectivity index (χ1) is 33.1. The Hall–Kier alpha value is -7.06. The molecule has 0 aromatic heterocycles. The van der Waals surface area contributed by atoms with Gasteiger partial charge in [0.1, 0.15) is 6.54 Å². The molecule has 0 amide bonds. The van der Waals surface area contributed by atoms with Crippen LogP contribution in [0.5, 0.6) is 0 Å². The predicted molar refractivity (Wildman–Crippen MR) is 285 cm³/mol. The van der Waals surface area contributed by atoms with E-state index in [4.69, 9.17) is 0 Å². The fraction of sp³-hybridized carbons (Fsp3) is 0.182. The van der Waals surface area contributed by atoms with Gasteiger partial charge in [0, 0.05) is 17.4 Å². The highest BCUT2D eigenvalue weighted by atomic mass is 15.4. The summed E-state index contributed by atoms with van der Waals surface area (Å²) < 4.78 is 1.08. The van der Waals surface area contributed by atoms with Gasteiger partial charge in [-0.15, -0.1) is 0 Å². The summed E-state index contributed by atoms with van der Waals surface area (Å²) in [6.45, 7) is 9.18. The Kier molecular flexibility index (Phi) is 11.9. The van der Waals surface area contributed by atoms with Gasteiger partial charge in [-0.3, -0.25) is 0 Å². The Morgan fingerprint density at radius 1 is 0.448 bits per heavy atom. The first kappa shape index (κ1) is 42.6. The zero-order valence-electron chi connectivity index (χ0n) is 39.0. The summed E-state index contributed by atoms with van der Waals surface area (Å²) in [5.74, 6) is 0.407. The monoisotopic (exact) mass is 866 g/mol. The van der Waals surface area contributed by atoms with Gasteiger partial charge in [-0.1, -0.05) is 215 Å². The van der Waals surface area contributed by atoms with Crippen LogP contribution in [0.3, 0.4) is 0 Å². The lowest BCUT2D eigenvalue weighted by Gasteiger charge is -2.42. The van der Waals surface area contributed by atoms with Crippen molar-refractivity contribution in [3.05, 3.63) is 239 Å². The maximum Gasteiger partial charge on any atom is 0.106 e. The minimum atomic E-state index is 0.163. The van der Waals surface area contributed by atoms with Gasteiger partial charge in [-0.2, -0.15) is 0 Å². The third kappa shape index (κ3) is 8.39. The lowest BCUT2D eigenvalue weighted by atomic mass is 9.72. The fourth-order valence-electron chi connectivity index (χ4n) is 11.6. The molecule has 1 aliphatic heterocycles. The van der Waals surface area contributed by atoms with Crippen LogP contribution in [-0.4, -0.2) is 24.1 Å². The molecule has 1 heterocycles. The first-order valence-electron chi connectivity index (χ1n) is 24.8. The van der Waals surface area contributed by atoms with E-state index < -0.39 is 0 Å². The maximum absolute atomic E-state index is 2.66. The zero-order chi connectivity index (χ0) is 45.2. The van der Waals surface area contributed by atoms with Crippen LogP contribution < -0.4 is 10.4 Å². The molecule has 67 heavy (non-hydrogen) atoms. The molecular weight excluding hydrogens is 807 g/mol. The summed E-state index contributed by atoms with van der Waals surface area (Å²) in [6, 6.07) is 80.1. The largest absolute Gasteiger partial charge is 0.319 e. The molecule has 9 aromatic carbocycles. The second-order valence-corrected chi connectivity index (χ2v) is 19.2. The van der Waals surface area contributed by atoms with E-state index in [-0.39, 0.29) is 11.8 Å².